The Bertz CT molecular complexity index is 524. The lowest BCUT2D eigenvalue weighted by Gasteiger charge is -2.20. The first-order valence-corrected chi connectivity index (χ1v) is 7.17. The molecule has 1 aliphatic heterocycles. The Morgan fingerprint density at radius 3 is 3.00 bits per heavy atom. The summed E-state index contributed by atoms with van der Waals surface area (Å²) >= 11 is 9.41. The molecule has 102 valence electrons. The summed E-state index contributed by atoms with van der Waals surface area (Å²) in [6.45, 7) is 0.513. The average molecular weight is 348 g/mol. The number of carbonyl (C=O) groups is 2. The molecule has 19 heavy (non-hydrogen) atoms. The van der Waals surface area contributed by atoms with Crippen LogP contribution in [-0.4, -0.2) is 35.8 Å². The van der Waals surface area contributed by atoms with Gasteiger partial charge in [0.1, 0.15) is 0 Å². The standard InChI is InChI=1S/C12H12BrClN2O3/c1-19-12(18)8-2-3-15-11(14)10(8)16-6-7(5-13)4-9(16)17/h2-3,7H,4-6H2,1H3. The van der Waals surface area contributed by atoms with Crippen molar-refractivity contribution < 1.29 is 14.3 Å². The molecule has 1 amide bonds. The van der Waals surface area contributed by atoms with Crippen molar-refractivity contribution in [1.29, 1.82) is 0 Å². The smallest absolute Gasteiger partial charge is 0.340 e. The normalized spacial score (nSPS) is 18.8. The number of hydrogen-bond acceptors (Lipinski definition) is 4. The third-order valence-electron chi connectivity index (χ3n) is 2.98. The van der Waals surface area contributed by atoms with Gasteiger partial charge in [-0.25, -0.2) is 9.78 Å². The molecule has 2 rings (SSSR count). The topological polar surface area (TPSA) is 59.5 Å². The molecule has 1 aliphatic rings. The molecule has 2 heterocycles. The first kappa shape index (κ1) is 14.3. The molecule has 0 aromatic carbocycles. The van der Waals surface area contributed by atoms with Gasteiger partial charge < -0.3 is 9.64 Å². The van der Waals surface area contributed by atoms with Crippen LogP contribution in [0.25, 0.3) is 0 Å². The van der Waals surface area contributed by atoms with E-state index in [0.29, 0.717) is 18.7 Å². The number of carbonyl (C=O) groups excluding carboxylic acids is 2. The number of pyridine rings is 1. The monoisotopic (exact) mass is 346 g/mol. The van der Waals surface area contributed by atoms with E-state index in [-0.39, 0.29) is 22.5 Å². The third-order valence-corrected chi connectivity index (χ3v) is 4.17. The highest BCUT2D eigenvalue weighted by Gasteiger charge is 2.34. The van der Waals surface area contributed by atoms with Crippen molar-refractivity contribution in [2.24, 2.45) is 5.92 Å². The van der Waals surface area contributed by atoms with Gasteiger partial charge in [0, 0.05) is 24.5 Å². The lowest BCUT2D eigenvalue weighted by atomic mass is 10.1. The van der Waals surface area contributed by atoms with Crippen LogP contribution in [0.5, 0.6) is 0 Å². The summed E-state index contributed by atoms with van der Waals surface area (Å²) in [5, 5.41) is 0.854. The number of rotatable bonds is 3. The Morgan fingerprint density at radius 2 is 2.42 bits per heavy atom. The lowest BCUT2D eigenvalue weighted by molar-refractivity contribution is -0.117. The molecule has 1 aromatic rings. The van der Waals surface area contributed by atoms with E-state index in [2.05, 4.69) is 20.9 Å². The van der Waals surface area contributed by atoms with Gasteiger partial charge in [-0.3, -0.25) is 4.79 Å². The van der Waals surface area contributed by atoms with Crippen molar-refractivity contribution in [1.82, 2.24) is 4.98 Å². The minimum Gasteiger partial charge on any atom is -0.465 e. The molecule has 0 aliphatic carbocycles. The number of nitrogens with zero attached hydrogens (tertiary/aromatic N) is 2. The number of ether oxygens (including phenoxy) is 1. The summed E-state index contributed by atoms with van der Waals surface area (Å²) < 4.78 is 4.71. The van der Waals surface area contributed by atoms with Gasteiger partial charge in [0.15, 0.2) is 5.15 Å². The van der Waals surface area contributed by atoms with Crippen molar-refractivity contribution in [2.45, 2.75) is 6.42 Å². The fraction of sp³-hybridized carbons (Fsp3) is 0.417. The number of esters is 1. The van der Waals surface area contributed by atoms with E-state index in [9.17, 15) is 9.59 Å². The van der Waals surface area contributed by atoms with E-state index in [1.54, 1.807) is 0 Å². The molecule has 0 saturated carbocycles. The SMILES string of the molecule is COC(=O)c1ccnc(Cl)c1N1CC(CBr)CC1=O. The van der Waals surface area contributed by atoms with Gasteiger partial charge in [0.2, 0.25) is 5.91 Å². The third kappa shape index (κ3) is 2.74. The highest BCUT2D eigenvalue weighted by molar-refractivity contribution is 9.09. The summed E-state index contributed by atoms with van der Waals surface area (Å²) in [5.41, 5.74) is 0.593. The molecule has 0 radical (unpaired) electrons. The Balaban J connectivity index is 2.44. The van der Waals surface area contributed by atoms with Gasteiger partial charge in [-0.1, -0.05) is 27.5 Å². The molecule has 1 aromatic heterocycles. The van der Waals surface area contributed by atoms with Crippen molar-refractivity contribution in [3.05, 3.63) is 23.0 Å². The Morgan fingerprint density at radius 1 is 1.68 bits per heavy atom. The molecule has 1 unspecified atom stereocenters. The van der Waals surface area contributed by atoms with Gasteiger partial charge in [0.05, 0.1) is 18.4 Å². The number of amides is 1. The highest BCUT2D eigenvalue weighted by Crippen LogP contribution is 2.33. The predicted octanol–water partition coefficient (Wildman–Crippen LogP) is 2.27. The van der Waals surface area contributed by atoms with E-state index in [4.69, 9.17) is 16.3 Å². The van der Waals surface area contributed by atoms with Gasteiger partial charge in [-0.05, 0) is 12.0 Å². The summed E-state index contributed by atoms with van der Waals surface area (Å²) in [6.07, 6.45) is 1.84. The van der Waals surface area contributed by atoms with E-state index >= 15 is 0 Å². The fourth-order valence-corrected chi connectivity index (χ4v) is 2.75. The molecule has 1 atom stereocenters. The summed E-state index contributed by atoms with van der Waals surface area (Å²) in [4.78, 5) is 29.2. The van der Waals surface area contributed by atoms with Crippen LogP contribution < -0.4 is 4.90 Å². The van der Waals surface area contributed by atoms with Crippen LogP contribution in [0.1, 0.15) is 16.8 Å². The number of hydrogen-bond donors (Lipinski definition) is 0. The molecule has 0 bridgehead atoms. The van der Waals surface area contributed by atoms with Crippen LogP contribution in [0.3, 0.4) is 0 Å². The summed E-state index contributed by atoms with van der Waals surface area (Å²) in [5.74, 6) is -0.395. The van der Waals surface area contributed by atoms with Crippen LogP contribution >= 0.6 is 27.5 Å². The van der Waals surface area contributed by atoms with Gasteiger partial charge >= 0.3 is 5.97 Å². The summed E-state index contributed by atoms with van der Waals surface area (Å²) in [7, 11) is 1.29. The Hall–Kier alpha value is -1.14. The number of aromatic nitrogens is 1. The van der Waals surface area contributed by atoms with Crippen LogP contribution in [0.4, 0.5) is 5.69 Å². The van der Waals surface area contributed by atoms with Crippen molar-refractivity contribution in [3.8, 4) is 0 Å². The quantitative estimate of drug-likeness (QED) is 0.478. The maximum Gasteiger partial charge on any atom is 0.340 e. The number of halogens is 2. The molecular formula is C12H12BrClN2O3. The minimum absolute atomic E-state index is 0.0653. The Kier molecular flexibility index (Phi) is 4.42. The second-order valence-electron chi connectivity index (χ2n) is 4.22. The maximum absolute atomic E-state index is 12.0. The maximum atomic E-state index is 12.0. The number of anilines is 1. The fourth-order valence-electron chi connectivity index (χ4n) is 2.06. The zero-order valence-electron chi connectivity index (χ0n) is 10.2. The second kappa shape index (κ2) is 5.88. The van der Waals surface area contributed by atoms with Crippen LogP contribution in [-0.2, 0) is 9.53 Å². The molecule has 0 spiro atoms. The van der Waals surface area contributed by atoms with Gasteiger partial charge in [-0.15, -0.1) is 0 Å². The second-order valence-corrected chi connectivity index (χ2v) is 5.22. The lowest BCUT2D eigenvalue weighted by Crippen LogP contribution is -2.27. The van der Waals surface area contributed by atoms with Crippen LogP contribution in [0, 0.1) is 5.92 Å². The van der Waals surface area contributed by atoms with Crippen molar-refractivity contribution in [2.75, 3.05) is 23.9 Å². The van der Waals surface area contributed by atoms with Crippen LogP contribution in [0.2, 0.25) is 5.15 Å². The van der Waals surface area contributed by atoms with Crippen molar-refractivity contribution in [3.63, 3.8) is 0 Å². The zero-order chi connectivity index (χ0) is 14.0. The first-order chi connectivity index (χ1) is 9.08. The zero-order valence-corrected chi connectivity index (χ0v) is 12.6. The Labute approximate surface area is 124 Å². The molecule has 0 N–H and O–H groups in total. The first-order valence-electron chi connectivity index (χ1n) is 5.67. The van der Waals surface area contributed by atoms with E-state index in [1.807, 2.05) is 0 Å². The molecular weight excluding hydrogens is 336 g/mol. The average Bonchev–Trinajstić information content (AvgIpc) is 2.78. The largest absolute Gasteiger partial charge is 0.465 e. The molecule has 7 heteroatoms. The van der Waals surface area contributed by atoms with Crippen LogP contribution in [0.15, 0.2) is 12.3 Å². The molecule has 5 nitrogen and oxygen atoms in total. The number of alkyl halides is 1. The predicted molar refractivity (Wildman–Crippen MR) is 74.8 cm³/mol. The molecule has 1 saturated heterocycles. The van der Waals surface area contributed by atoms with E-state index < -0.39 is 5.97 Å². The van der Waals surface area contributed by atoms with Gasteiger partial charge in [-0.2, -0.15) is 0 Å². The van der Waals surface area contributed by atoms with E-state index in [1.165, 1.54) is 24.3 Å². The van der Waals surface area contributed by atoms with E-state index in [0.717, 1.165) is 5.33 Å². The highest BCUT2D eigenvalue weighted by atomic mass is 79.9. The number of methoxy groups -OCH3 is 1. The minimum atomic E-state index is -0.533. The molecule has 1 fully saturated rings. The van der Waals surface area contributed by atoms with Gasteiger partial charge in [0.25, 0.3) is 0 Å². The summed E-state index contributed by atoms with van der Waals surface area (Å²) in [6, 6.07) is 1.50. The van der Waals surface area contributed by atoms with Crippen molar-refractivity contribution >= 4 is 45.1 Å².